The summed E-state index contributed by atoms with van der Waals surface area (Å²) in [5.41, 5.74) is -0.00725. The first kappa shape index (κ1) is 11.6. The van der Waals surface area contributed by atoms with Crippen molar-refractivity contribution in [2.45, 2.75) is 6.18 Å². The standard InChI is InChI=1S/C10H7F4N3/c11-7-3-1-2-6-8(7)16-5-17-9(6)15-4-10(12,13)14/h1-3,5H,4H2,(H,15,16,17). The quantitative estimate of drug-likeness (QED) is 0.826. The summed E-state index contributed by atoms with van der Waals surface area (Å²) in [6.45, 7) is -1.23. The summed E-state index contributed by atoms with van der Waals surface area (Å²) in [6.07, 6.45) is -3.34. The minimum Gasteiger partial charge on any atom is -0.361 e. The van der Waals surface area contributed by atoms with E-state index in [1.807, 2.05) is 0 Å². The van der Waals surface area contributed by atoms with Crippen LogP contribution in [0.1, 0.15) is 0 Å². The van der Waals surface area contributed by atoms with Gasteiger partial charge in [0, 0.05) is 5.39 Å². The molecular formula is C10H7F4N3. The number of hydrogen-bond donors (Lipinski definition) is 1. The van der Waals surface area contributed by atoms with Crippen molar-refractivity contribution in [2.75, 3.05) is 11.9 Å². The second-order valence-corrected chi connectivity index (χ2v) is 3.33. The molecule has 1 aromatic heterocycles. The second kappa shape index (κ2) is 4.15. The number of rotatable bonds is 2. The summed E-state index contributed by atoms with van der Waals surface area (Å²) >= 11 is 0. The van der Waals surface area contributed by atoms with Crippen LogP contribution >= 0.6 is 0 Å². The molecule has 0 amide bonds. The van der Waals surface area contributed by atoms with Crippen molar-refractivity contribution in [2.24, 2.45) is 0 Å². The lowest BCUT2D eigenvalue weighted by atomic mass is 10.2. The Hall–Kier alpha value is -1.92. The molecule has 0 radical (unpaired) electrons. The van der Waals surface area contributed by atoms with Gasteiger partial charge in [-0.1, -0.05) is 6.07 Å². The number of nitrogens with one attached hydrogen (secondary N) is 1. The molecule has 1 N–H and O–H groups in total. The van der Waals surface area contributed by atoms with Crippen LogP contribution in [-0.2, 0) is 0 Å². The number of halogens is 4. The van der Waals surface area contributed by atoms with Crippen LogP contribution in [0, 0.1) is 5.82 Å². The Morgan fingerprint density at radius 1 is 1.18 bits per heavy atom. The number of aromatic nitrogens is 2. The summed E-state index contributed by atoms with van der Waals surface area (Å²) in [6, 6.07) is 4.03. The van der Waals surface area contributed by atoms with E-state index in [0.717, 1.165) is 6.33 Å². The van der Waals surface area contributed by atoms with E-state index >= 15 is 0 Å². The van der Waals surface area contributed by atoms with E-state index < -0.39 is 18.5 Å². The third-order valence-electron chi connectivity index (χ3n) is 2.07. The van der Waals surface area contributed by atoms with Gasteiger partial charge in [0.1, 0.15) is 30.0 Å². The largest absolute Gasteiger partial charge is 0.405 e. The lowest BCUT2D eigenvalue weighted by molar-refractivity contribution is -0.115. The molecule has 3 nitrogen and oxygen atoms in total. The maximum absolute atomic E-state index is 13.3. The van der Waals surface area contributed by atoms with Crippen LogP contribution in [0.25, 0.3) is 10.9 Å². The Bertz CT molecular complexity index is 539. The first-order valence-electron chi connectivity index (χ1n) is 4.67. The summed E-state index contributed by atoms with van der Waals surface area (Å²) in [5, 5.41) is 2.33. The highest BCUT2D eigenvalue weighted by atomic mass is 19.4. The zero-order chi connectivity index (χ0) is 12.5. The van der Waals surface area contributed by atoms with Crippen molar-refractivity contribution in [1.82, 2.24) is 9.97 Å². The molecule has 0 atom stereocenters. The zero-order valence-electron chi connectivity index (χ0n) is 8.42. The number of nitrogens with zero attached hydrogens (tertiary/aromatic N) is 2. The van der Waals surface area contributed by atoms with E-state index in [4.69, 9.17) is 0 Å². The van der Waals surface area contributed by atoms with Gasteiger partial charge in [0.2, 0.25) is 0 Å². The van der Waals surface area contributed by atoms with E-state index in [9.17, 15) is 17.6 Å². The molecule has 2 aromatic rings. The number of fused-ring (bicyclic) bond motifs is 1. The maximum Gasteiger partial charge on any atom is 0.405 e. The van der Waals surface area contributed by atoms with Gasteiger partial charge in [0.05, 0.1) is 0 Å². The number of alkyl halides is 3. The molecule has 0 saturated heterocycles. The third-order valence-corrected chi connectivity index (χ3v) is 2.07. The molecule has 0 aliphatic rings. The topological polar surface area (TPSA) is 37.8 Å². The van der Waals surface area contributed by atoms with Crippen LogP contribution in [0.5, 0.6) is 0 Å². The fourth-order valence-electron chi connectivity index (χ4n) is 1.38. The Kier molecular flexibility index (Phi) is 2.83. The van der Waals surface area contributed by atoms with Gasteiger partial charge in [-0.05, 0) is 12.1 Å². The third kappa shape index (κ3) is 2.61. The van der Waals surface area contributed by atoms with Gasteiger partial charge in [0.25, 0.3) is 0 Å². The zero-order valence-corrected chi connectivity index (χ0v) is 8.42. The molecule has 0 bridgehead atoms. The summed E-state index contributed by atoms with van der Waals surface area (Å²) in [4.78, 5) is 7.34. The van der Waals surface area contributed by atoms with Crippen molar-refractivity contribution >= 4 is 16.7 Å². The van der Waals surface area contributed by atoms with Gasteiger partial charge in [-0.3, -0.25) is 0 Å². The van der Waals surface area contributed by atoms with Crippen molar-refractivity contribution in [3.05, 3.63) is 30.3 Å². The van der Waals surface area contributed by atoms with Gasteiger partial charge in [-0.25, -0.2) is 14.4 Å². The van der Waals surface area contributed by atoms with E-state index in [1.165, 1.54) is 18.2 Å². The molecule has 90 valence electrons. The average molecular weight is 245 g/mol. The maximum atomic E-state index is 13.3. The van der Waals surface area contributed by atoms with Crippen LogP contribution in [0.4, 0.5) is 23.4 Å². The fraction of sp³-hybridized carbons (Fsp3) is 0.200. The summed E-state index contributed by atoms with van der Waals surface area (Å²) in [7, 11) is 0. The van der Waals surface area contributed by atoms with Gasteiger partial charge < -0.3 is 5.32 Å². The van der Waals surface area contributed by atoms with Crippen LogP contribution in [-0.4, -0.2) is 22.7 Å². The molecule has 7 heteroatoms. The van der Waals surface area contributed by atoms with Crippen LogP contribution in [0.15, 0.2) is 24.5 Å². The lowest BCUT2D eigenvalue weighted by Gasteiger charge is -2.10. The predicted octanol–water partition coefficient (Wildman–Crippen LogP) is 2.74. The van der Waals surface area contributed by atoms with Gasteiger partial charge in [0.15, 0.2) is 0 Å². The molecule has 0 saturated carbocycles. The molecule has 17 heavy (non-hydrogen) atoms. The van der Waals surface area contributed by atoms with Crippen molar-refractivity contribution in [1.29, 1.82) is 0 Å². The Morgan fingerprint density at radius 2 is 1.94 bits per heavy atom. The Labute approximate surface area is 93.5 Å². The highest BCUT2D eigenvalue weighted by Crippen LogP contribution is 2.22. The average Bonchev–Trinajstić information content (AvgIpc) is 2.26. The number of para-hydroxylation sites is 1. The molecule has 1 heterocycles. The van der Waals surface area contributed by atoms with Crippen molar-refractivity contribution in [3.63, 3.8) is 0 Å². The minimum absolute atomic E-state index is 0.00725. The molecule has 0 fully saturated rings. The summed E-state index contributed by atoms with van der Waals surface area (Å²) in [5.74, 6) is -0.633. The molecule has 0 unspecified atom stereocenters. The smallest absolute Gasteiger partial charge is 0.361 e. The number of hydrogen-bond acceptors (Lipinski definition) is 3. The molecule has 0 aliphatic heterocycles. The predicted molar refractivity (Wildman–Crippen MR) is 54.0 cm³/mol. The van der Waals surface area contributed by atoms with Crippen molar-refractivity contribution in [3.8, 4) is 0 Å². The number of benzene rings is 1. The van der Waals surface area contributed by atoms with Gasteiger partial charge in [-0.15, -0.1) is 0 Å². The molecule has 2 rings (SSSR count). The Morgan fingerprint density at radius 3 is 2.65 bits per heavy atom. The SMILES string of the molecule is Fc1cccc2c(NCC(F)(F)F)ncnc12. The van der Waals surface area contributed by atoms with Crippen LogP contribution in [0.2, 0.25) is 0 Å². The molecule has 1 aromatic carbocycles. The fourth-order valence-corrected chi connectivity index (χ4v) is 1.38. The minimum atomic E-state index is -4.36. The Balaban J connectivity index is 2.38. The first-order chi connectivity index (χ1) is 7.97. The molecule has 0 aliphatic carbocycles. The van der Waals surface area contributed by atoms with E-state index in [-0.39, 0.29) is 16.7 Å². The first-order valence-corrected chi connectivity index (χ1v) is 4.67. The van der Waals surface area contributed by atoms with E-state index in [0.29, 0.717) is 0 Å². The number of anilines is 1. The molecule has 0 spiro atoms. The van der Waals surface area contributed by atoms with E-state index in [1.54, 1.807) is 0 Å². The van der Waals surface area contributed by atoms with Crippen LogP contribution in [0.3, 0.4) is 0 Å². The second-order valence-electron chi connectivity index (χ2n) is 3.33. The van der Waals surface area contributed by atoms with Crippen molar-refractivity contribution < 1.29 is 17.6 Å². The van der Waals surface area contributed by atoms with Crippen LogP contribution < -0.4 is 5.32 Å². The van der Waals surface area contributed by atoms with Gasteiger partial charge in [-0.2, -0.15) is 13.2 Å². The highest BCUT2D eigenvalue weighted by molar-refractivity contribution is 5.89. The summed E-state index contributed by atoms with van der Waals surface area (Å²) < 4.78 is 49.4. The highest BCUT2D eigenvalue weighted by Gasteiger charge is 2.27. The van der Waals surface area contributed by atoms with Gasteiger partial charge >= 0.3 is 6.18 Å². The van der Waals surface area contributed by atoms with E-state index in [2.05, 4.69) is 15.3 Å². The molecular weight excluding hydrogens is 238 g/mol. The lowest BCUT2D eigenvalue weighted by Crippen LogP contribution is -2.22. The normalized spacial score (nSPS) is 11.8. The monoisotopic (exact) mass is 245 g/mol.